The lowest BCUT2D eigenvalue weighted by molar-refractivity contribution is 0.342. The Morgan fingerprint density at radius 2 is 1.97 bits per heavy atom. The van der Waals surface area contributed by atoms with Gasteiger partial charge < -0.3 is 16.2 Å². The van der Waals surface area contributed by atoms with Gasteiger partial charge in [0, 0.05) is 53.3 Å². The van der Waals surface area contributed by atoms with Crippen LogP contribution in [0.5, 0.6) is 5.75 Å². The van der Waals surface area contributed by atoms with Crippen molar-refractivity contribution >= 4 is 22.9 Å². The third-order valence-electron chi connectivity index (χ3n) is 6.21. The number of pyridine rings is 2. The van der Waals surface area contributed by atoms with Gasteiger partial charge in [0.1, 0.15) is 5.75 Å². The highest BCUT2D eigenvalue weighted by atomic mass is 16.3. The maximum Gasteiger partial charge on any atom is 0.127 e. The Kier molecular flexibility index (Phi) is 4.24. The normalized spacial score (nSPS) is 20.5. The molecule has 1 atom stereocenters. The fourth-order valence-electron chi connectivity index (χ4n) is 4.42. The number of nitrogens with two attached hydrogens (primary N) is 1. The number of nitrogens with zero attached hydrogens (tertiary/aromatic N) is 3. The molecule has 1 unspecified atom stereocenters. The van der Waals surface area contributed by atoms with E-state index in [0.29, 0.717) is 28.4 Å². The summed E-state index contributed by atoms with van der Waals surface area (Å²) in [5, 5.41) is 14.1. The summed E-state index contributed by atoms with van der Waals surface area (Å²) in [6.45, 7) is 1.07. The highest BCUT2D eigenvalue weighted by Crippen LogP contribution is 2.46. The van der Waals surface area contributed by atoms with Crippen LogP contribution >= 0.6 is 0 Å². The van der Waals surface area contributed by atoms with Crippen molar-refractivity contribution in [2.75, 3.05) is 19.3 Å². The van der Waals surface area contributed by atoms with Gasteiger partial charge in [0.15, 0.2) is 0 Å². The van der Waals surface area contributed by atoms with E-state index in [2.05, 4.69) is 16.4 Å². The zero-order chi connectivity index (χ0) is 20.0. The van der Waals surface area contributed by atoms with Gasteiger partial charge >= 0.3 is 0 Å². The van der Waals surface area contributed by atoms with Gasteiger partial charge in [-0.2, -0.15) is 0 Å². The van der Waals surface area contributed by atoms with E-state index in [1.54, 1.807) is 19.3 Å². The maximum atomic E-state index is 10.4. The molecule has 1 aromatic carbocycles. The number of rotatable bonds is 3. The van der Waals surface area contributed by atoms with Crippen molar-refractivity contribution in [3.63, 3.8) is 0 Å². The fourth-order valence-corrected chi connectivity index (χ4v) is 4.42. The molecule has 1 aliphatic heterocycles. The van der Waals surface area contributed by atoms with Crippen LogP contribution in [0.25, 0.3) is 22.3 Å². The van der Waals surface area contributed by atoms with Crippen LogP contribution in [-0.4, -0.2) is 40.4 Å². The molecule has 2 aliphatic rings. The van der Waals surface area contributed by atoms with Crippen LogP contribution in [0.2, 0.25) is 0 Å². The van der Waals surface area contributed by atoms with Crippen LogP contribution in [0.1, 0.15) is 42.9 Å². The Bertz CT molecular complexity index is 1120. The molecule has 1 saturated heterocycles. The Labute approximate surface area is 169 Å². The lowest BCUT2D eigenvalue weighted by Gasteiger charge is -2.30. The number of nitrogen functional groups attached to an aromatic ring is 1. The van der Waals surface area contributed by atoms with Crippen molar-refractivity contribution in [3.8, 4) is 17.0 Å². The third-order valence-corrected chi connectivity index (χ3v) is 6.21. The van der Waals surface area contributed by atoms with Crippen LogP contribution in [0.3, 0.4) is 0 Å². The molecule has 3 aromatic rings. The second-order valence-corrected chi connectivity index (χ2v) is 8.25. The SMILES string of the molecule is CN=Cc1cc(-c2ccc3nc(C4CCNC5(CC5)C4)ccc3n2)c(O)cc1N. The predicted octanol–water partition coefficient (Wildman–Crippen LogP) is 3.63. The zero-order valence-electron chi connectivity index (χ0n) is 16.5. The summed E-state index contributed by atoms with van der Waals surface area (Å²) in [5.74, 6) is 0.622. The molecule has 2 fully saturated rings. The number of fused-ring (bicyclic) bond motifs is 1. The molecule has 6 nitrogen and oxygen atoms in total. The number of hydrogen-bond donors (Lipinski definition) is 3. The first-order valence-electron chi connectivity index (χ1n) is 10.1. The van der Waals surface area contributed by atoms with Gasteiger partial charge in [-0.3, -0.25) is 9.98 Å². The average molecular weight is 387 g/mol. The van der Waals surface area contributed by atoms with E-state index in [1.165, 1.54) is 19.3 Å². The minimum Gasteiger partial charge on any atom is -0.507 e. The summed E-state index contributed by atoms with van der Waals surface area (Å²) in [5.41, 5.74) is 11.8. The third kappa shape index (κ3) is 3.34. The number of aromatic nitrogens is 2. The minimum absolute atomic E-state index is 0.108. The number of nitrogens with one attached hydrogen (secondary N) is 1. The van der Waals surface area contributed by atoms with E-state index >= 15 is 0 Å². The second kappa shape index (κ2) is 6.81. The summed E-state index contributed by atoms with van der Waals surface area (Å²) in [6, 6.07) is 11.4. The number of phenols is 1. The van der Waals surface area contributed by atoms with Crippen molar-refractivity contribution in [3.05, 3.63) is 47.7 Å². The summed E-state index contributed by atoms with van der Waals surface area (Å²) in [4.78, 5) is 13.7. The Balaban J connectivity index is 1.49. The van der Waals surface area contributed by atoms with E-state index < -0.39 is 0 Å². The van der Waals surface area contributed by atoms with Crippen molar-refractivity contribution in [1.82, 2.24) is 15.3 Å². The summed E-state index contributed by atoms with van der Waals surface area (Å²) in [7, 11) is 1.69. The molecule has 29 heavy (non-hydrogen) atoms. The van der Waals surface area contributed by atoms with Crippen LogP contribution in [0, 0.1) is 0 Å². The number of piperidine rings is 1. The molecule has 0 bridgehead atoms. The fraction of sp³-hybridized carbons (Fsp3) is 0.348. The molecule has 5 rings (SSSR count). The summed E-state index contributed by atoms with van der Waals surface area (Å²) >= 11 is 0. The lowest BCUT2D eigenvalue weighted by Crippen LogP contribution is -2.39. The minimum atomic E-state index is 0.108. The highest BCUT2D eigenvalue weighted by Gasteiger charge is 2.46. The number of phenolic OH excluding ortho intramolecular Hbond substituents is 1. The van der Waals surface area contributed by atoms with Gasteiger partial charge in [0.05, 0.1) is 16.7 Å². The van der Waals surface area contributed by atoms with E-state index in [0.717, 1.165) is 35.3 Å². The molecule has 148 valence electrons. The van der Waals surface area contributed by atoms with Crippen LogP contribution in [0.15, 0.2) is 41.4 Å². The molecule has 1 spiro atoms. The molecule has 3 heterocycles. The molecule has 6 heteroatoms. The molecule has 0 amide bonds. The predicted molar refractivity (Wildman–Crippen MR) is 117 cm³/mol. The van der Waals surface area contributed by atoms with Crippen LogP contribution < -0.4 is 11.1 Å². The van der Waals surface area contributed by atoms with Crippen LogP contribution in [-0.2, 0) is 0 Å². The van der Waals surface area contributed by atoms with Gasteiger partial charge in [-0.05, 0) is 62.6 Å². The first kappa shape index (κ1) is 18.1. The Morgan fingerprint density at radius 3 is 2.76 bits per heavy atom. The molecular formula is C23H25N5O. The number of aromatic hydroxyl groups is 1. The molecular weight excluding hydrogens is 362 g/mol. The standard InChI is InChI=1S/C23H25N5O/c1-25-13-15-10-16(22(29)11-17(15)24)19-3-5-20-21(28-19)4-2-18(27-20)14-6-9-26-23(12-14)7-8-23/h2-5,10-11,13-14,26,29H,6-9,12,24H2,1H3. The number of anilines is 1. The Morgan fingerprint density at radius 1 is 1.17 bits per heavy atom. The molecule has 2 aromatic heterocycles. The Hall–Kier alpha value is -2.99. The average Bonchev–Trinajstić information content (AvgIpc) is 3.47. The van der Waals surface area contributed by atoms with E-state index in [-0.39, 0.29) is 5.75 Å². The van der Waals surface area contributed by atoms with Gasteiger partial charge in [-0.15, -0.1) is 0 Å². The number of aliphatic imine (C=N–C) groups is 1. The molecule has 1 aliphatic carbocycles. The van der Waals surface area contributed by atoms with Crippen molar-refractivity contribution < 1.29 is 5.11 Å². The highest BCUT2D eigenvalue weighted by molar-refractivity contribution is 5.91. The van der Waals surface area contributed by atoms with Crippen molar-refractivity contribution in [2.24, 2.45) is 4.99 Å². The summed E-state index contributed by atoms with van der Waals surface area (Å²) < 4.78 is 0. The number of hydrogen-bond acceptors (Lipinski definition) is 6. The second-order valence-electron chi connectivity index (χ2n) is 8.25. The topological polar surface area (TPSA) is 96.4 Å². The van der Waals surface area contributed by atoms with Gasteiger partial charge in [0.25, 0.3) is 0 Å². The van der Waals surface area contributed by atoms with Crippen molar-refractivity contribution in [2.45, 2.75) is 37.1 Å². The maximum absolute atomic E-state index is 10.4. The van der Waals surface area contributed by atoms with Gasteiger partial charge in [-0.1, -0.05) is 0 Å². The van der Waals surface area contributed by atoms with Crippen LogP contribution in [0.4, 0.5) is 5.69 Å². The molecule has 1 saturated carbocycles. The van der Waals surface area contributed by atoms with E-state index in [4.69, 9.17) is 15.7 Å². The molecule has 0 radical (unpaired) electrons. The smallest absolute Gasteiger partial charge is 0.127 e. The van der Waals surface area contributed by atoms with Gasteiger partial charge in [0.2, 0.25) is 0 Å². The monoisotopic (exact) mass is 387 g/mol. The molecule has 4 N–H and O–H groups in total. The van der Waals surface area contributed by atoms with Gasteiger partial charge in [-0.25, -0.2) is 4.98 Å². The van der Waals surface area contributed by atoms with E-state index in [1.807, 2.05) is 24.3 Å². The lowest BCUT2D eigenvalue weighted by atomic mass is 9.88. The summed E-state index contributed by atoms with van der Waals surface area (Å²) in [6.07, 6.45) is 6.57. The zero-order valence-corrected chi connectivity index (χ0v) is 16.5. The first-order valence-corrected chi connectivity index (χ1v) is 10.1. The first-order chi connectivity index (χ1) is 14.1. The van der Waals surface area contributed by atoms with E-state index in [9.17, 15) is 5.11 Å². The largest absolute Gasteiger partial charge is 0.507 e. The number of benzene rings is 1. The quantitative estimate of drug-likeness (QED) is 0.471. The van der Waals surface area contributed by atoms with Crippen molar-refractivity contribution in [1.29, 1.82) is 0 Å².